The fourth-order valence-electron chi connectivity index (χ4n) is 2.37. The summed E-state index contributed by atoms with van der Waals surface area (Å²) in [5.74, 6) is 0.500. The Kier molecular flexibility index (Phi) is 5.32. The van der Waals surface area contributed by atoms with Gasteiger partial charge in [-0.2, -0.15) is 0 Å². The molecule has 1 rings (SSSR count). The van der Waals surface area contributed by atoms with Gasteiger partial charge in [-0.25, -0.2) is 4.98 Å². The van der Waals surface area contributed by atoms with Crippen molar-refractivity contribution in [1.82, 2.24) is 10.3 Å². The van der Waals surface area contributed by atoms with E-state index >= 15 is 0 Å². The van der Waals surface area contributed by atoms with Crippen molar-refractivity contribution in [2.75, 3.05) is 6.54 Å². The Balaban J connectivity index is 2.55. The van der Waals surface area contributed by atoms with Crippen molar-refractivity contribution in [3.05, 3.63) is 15.6 Å². The molecule has 0 aliphatic carbocycles. The van der Waals surface area contributed by atoms with E-state index in [1.165, 1.54) is 4.88 Å². The minimum Gasteiger partial charge on any atom is -0.389 e. The molecule has 3 nitrogen and oxygen atoms in total. The molecule has 2 unspecified atom stereocenters. The van der Waals surface area contributed by atoms with Gasteiger partial charge in [0.05, 0.1) is 16.3 Å². The fraction of sp³-hybridized carbons (Fsp3) is 0.786. The number of hydrogen-bond donors (Lipinski definition) is 2. The molecule has 2 N–H and O–H groups in total. The predicted octanol–water partition coefficient (Wildman–Crippen LogP) is 3.21. The topological polar surface area (TPSA) is 45.2 Å². The van der Waals surface area contributed by atoms with Crippen LogP contribution in [0.4, 0.5) is 0 Å². The first-order valence-corrected chi connectivity index (χ1v) is 7.42. The van der Waals surface area contributed by atoms with E-state index in [1.54, 1.807) is 11.3 Å². The maximum atomic E-state index is 10.3. The van der Waals surface area contributed by atoms with Crippen LogP contribution in [0.15, 0.2) is 0 Å². The number of nitrogens with zero attached hydrogens (tertiary/aromatic N) is 1. The molecule has 0 bridgehead atoms. The molecule has 0 fully saturated rings. The summed E-state index contributed by atoms with van der Waals surface area (Å²) < 4.78 is 0. The van der Waals surface area contributed by atoms with E-state index in [1.807, 2.05) is 13.8 Å². The lowest BCUT2D eigenvalue weighted by Gasteiger charge is -2.27. The molecule has 1 aromatic heterocycles. The highest BCUT2D eigenvalue weighted by Gasteiger charge is 2.23. The van der Waals surface area contributed by atoms with Crippen LogP contribution in [0.1, 0.15) is 55.7 Å². The molecule has 0 aliphatic rings. The van der Waals surface area contributed by atoms with Crippen LogP contribution in [0.2, 0.25) is 0 Å². The van der Waals surface area contributed by atoms with Crippen LogP contribution >= 0.6 is 11.3 Å². The third-order valence-electron chi connectivity index (χ3n) is 2.99. The number of aryl methyl sites for hydroxylation is 2. The summed E-state index contributed by atoms with van der Waals surface area (Å²) in [5.41, 5.74) is 0.458. The first-order chi connectivity index (χ1) is 8.21. The largest absolute Gasteiger partial charge is 0.389 e. The minimum atomic E-state index is -0.651. The Morgan fingerprint density at radius 2 is 1.94 bits per heavy atom. The van der Waals surface area contributed by atoms with Crippen LogP contribution in [-0.2, 0) is 0 Å². The standard InChI is InChI=1S/C14H26N2OS/c1-9(2)7-14(6,17)8-15-10(3)13-11(4)18-12(5)16-13/h9-10,15,17H,7-8H2,1-6H3. The summed E-state index contributed by atoms with van der Waals surface area (Å²) in [6.07, 6.45) is 0.807. The number of aromatic nitrogens is 1. The highest BCUT2D eigenvalue weighted by Crippen LogP contribution is 2.23. The first kappa shape index (κ1) is 15.6. The molecular formula is C14H26N2OS. The molecule has 0 saturated carbocycles. The van der Waals surface area contributed by atoms with Crippen molar-refractivity contribution in [3.8, 4) is 0 Å². The zero-order valence-electron chi connectivity index (χ0n) is 12.4. The van der Waals surface area contributed by atoms with Crippen molar-refractivity contribution in [2.45, 2.75) is 59.6 Å². The van der Waals surface area contributed by atoms with E-state index in [4.69, 9.17) is 0 Å². The molecular weight excluding hydrogens is 244 g/mol. The molecule has 0 spiro atoms. The van der Waals surface area contributed by atoms with Gasteiger partial charge in [-0.1, -0.05) is 13.8 Å². The Labute approximate surface area is 115 Å². The van der Waals surface area contributed by atoms with Gasteiger partial charge in [-0.05, 0) is 40.0 Å². The monoisotopic (exact) mass is 270 g/mol. The van der Waals surface area contributed by atoms with Gasteiger partial charge in [0.2, 0.25) is 0 Å². The lowest BCUT2D eigenvalue weighted by atomic mass is 9.94. The summed E-state index contributed by atoms with van der Waals surface area (Å²) >= 11 is 1.73. The molecule has 0 radical (unpaired) electrons. The van der Waals surface area contributed by atoms with E-state index in [-0.39, 0.29) is 6.04 Å². The Morgan fingerprint density at radius 3 is 2.39 bits per heavy atom. The van der Waals surface area contributed by atoms with Gasteiger partial charge < -0.3 is 10.4 Å². The lowest BCUT2D eigenvalue weighted by Crippen LogP contribution is -2.40. The van der Waals surface area contributed by atoms with Gasteiger partial charge in [0.25, 0.3) is 0 Å². The molecule has 2 atom stereocenters. The smallest absolute Gasteiger partial charge is 0.0900 e. The molecule has 1 aromatic rings. The van der Waals surface area contributed by atoms with Crippen molar-refractivity contribution < 1.29 is 5.11 Å². The summed E-state index contributed by atoms with van der Waals surface area (Å²) in [4.78, 5) is 5.81. The van der Waals surface area contributed by atoms with E-state index in [0.717, 1.165) is 17.1 Å². The van der Waals surface area contributed by atoms with Crippen LogP contribution in [0.25, 0.3) is 0 Å². The van der Waals surface area contributed by atoms with Gasteiger partial charge >= 0.3 is 0 Å². The van der Waals surface area contributed by atoms with Crippen molar-refractivity contribution in [3.63, 3.8) is 0 Å². The highest BCUT2D eigenvalue weighted by molar-refractivity contribution is 7.11. The second kappa shape index (κ2) is 6.13. The predicted molar refractivity (Wildman–Crippen MR) is 78.1 cm³/mol. The lowest BCUT2D eigenvalue weighted by molar-refractivity contribution is 0.0362. The molecule has 0 saturated heterocycles. The van der Waals surface area contributed by atoms with Gasteiger partial charge in [-0.15, -0.1) is 11.3 Å². The quantitative estimate of drug-likeness (QED) is 0.834. The van der Waals surface area contributed by atoms with E-state index in [2.05, 4.69) is 38.0 Å². The third-order valence-corrected chi connectivity index (χ3v) is 3.89. The Morgan fingerprint density at radius 1 is 1.33 bits per heavy atom. The van der Waals surface area contributed by atoms with Crippen molar-refractivity contribution in [1.29, 1.82) is 0 Å². The average Bonchev–Trinajstić information content (AvgIpc) is 2.52. The maximum Gasteiger partial charge on any atom is 0.0900 e. The highest BCUT2D eigenvalue weighted by atomic mass is 32.1. The van der Waals surface area contributed by atoms with E-state index in [9.17, 15) is 5.11 Å². The van der Waals surface area contributed by atoms with Crippen LogP contribution < -0.4 is 5.32 Å². The summed E-state index contributed by atoms with van der Waals surface area (Å²) in [7, 11) is 0. The second-order valence-corrected chi connectivity index (χ2v) is 7.28. The number of nitrogens with one attached hydrogen (secondary N) is 1. The summed E-state index contributed by atoms with van der Waals surface area (Å²) in [5, 5.41) is 14.8. The number of aliphatic hydroxyl groups is 1. The Bertz CT molecular complexity index is 385. The second-order valence-electron chi connectivity index (χ2n) is 5.87. The molecule has 0 aliphatic heterocycles. The SMILES string of the molecule is Cc1nc(C(C)NCC(C)(O)CC(C)C)c(C)s1. The third kappa shape index (κ3) is 4.67. The fourth-order valence-corrected chi connectivity index (χ4v) is 3.28. The van der Waals surface area contributed by atoms with Gasteiger partial charge in [0.15, 0.2) is 0 Å². The molecule has 1 heterocycles. The normalized spacial score (nSPS) is 16.9. The molecule has 0 aromatic carbocycles. The number of hydrogen-bond acceptors (Lipinski definition) is 4. The van der Waals surface area contributed by atoms with Crippen LogP contribution in [-0.4, -0.2) is 22.2 Å². The zero-order valence-corrected chi connectivity index (χ0v) is 13.2. The average molecular weight is 270 g/mol. The van der Waals surface area contributed by atoms with E-state index in [0.29, 0.717) is 12.5 Å². The Hall–Kier alpha value is -0.450. The van der Waals surface area contributed by atoms with Crippen LogP contribution in [0.5, 0.6) is 0 Å². The first-order valence-electron chi connectivity index (χ1n) is 6.61. The number of rotatable bonds is 6. The molecule has 4 heteroatoms. The van der Waals surface area contributed by atoms with Crippen LogP contribution in [0.3, 0.4) is 0 Å². The summed E-state index contributed by atoms with van der Waals surface area (Å²) in [6, 6.07) is 0.189. The molecule has 104 valence electrons. The molecule has 18 heavy (non-hydrogen) atoms. The maximum absolute atomic E-state index is 10.3. The van der Waals surface area contributed by atoms with Gasteiger partial charge in [-0.3, -0.25) is 0 Å². The minimum absolute atomic E-state index is 0.189. The van der Waals surface area contributed by atoms with Crippen molar-refractivity contribution >= 4 is 11.3 Å². The van der Waals surface area contributed by atoms with E-state index < -0.39 is 5.60 Å². The van der Waals surface area contributed by atoms with Gasteiger partial charge in [0.1, 0.15) is 0 Å². The summed E-state index contributed by atoms with van der Waals surface area (Å²) in [6.45, 7) is 13.0. The van der Waals surface area contributed by atoms with Crippen molar-refractivity contribution in [2.24, 2.45) is 5.92 Å². The molecule has 0 amide bonds. The zero-order chi connectivity index (χ0) is 13.9. The van der Waals surface area contributed by atoms with Crippen LogP contribution in [0, 0.1) is 19.8 Å². The number of thiazole rings is 1. The van der Waals surface area contributed by atoms with Gasteiger partial charge in [0, 0.05) is 17.5 Å².